The van der Waals surface area contributed by atoms with E-state index in [1.165, 1.54) is 40.8 Å². The smallest absolute Gasteiger partial charge is 0.264 e. The largest absolute Gasteiger partial charge is 0.326 e. The van der Waals surface area contributed by atoms with Crippen LogP contribution in [0.4, 0.5) is 10.1 Å². The average molecular weight is 419 g/mol. The highest BCUT2D eigenvalue weighted by molar-refractivity contribution is 5.97. The minimum absolute atomic E-state index is 0.0451. The van der Waals surface area contributed by atoms with Crippen molar-refractivity contribution in [3.8, 4) is 5.69 Å². The molecular weight excluding hydrogens is 401 g/mol. The molecule has 4 aromatic rings. The third kappa shape index (κ3) is 4.25. The zero-order valence-electron chi connectivity index (χ0n) is 16.6. The van der Waals surface area contributed by atoms with Crippen molar-refractivity contribution in [1.82, 2.24) is 19.3 Å². The lowest BCUT2D eigenvalue weighted by Crippen LogP contribution is -2.23. The number of hydrogen-bond donors (Lipinski definition) is 1. The fourth-order valence-corrected chi connectivity index (χ4v) is 3.14. The molecule has 0 aliphatic heterocycles. The van der Waals surface area contributed by atoms with Gasteiger partial charge in [-0.2, -0.15) is 5.10 Å². The van der Waals surface area contributed by atoms with E-state index in [1.54, 1.807) is 36.4 Å². The second kappa shape index (κ2) is 8.31. The highest BCUT2D eigenvalue weighted by atomic mass is 19.1. The summed E-state index contributed by atoms with van der Waals surface area (Å²) in [5, 5.41) is 7.20. The molecule has 0 atom stereocenters. The standard InChI is InChI=1S/C22H18FN5O3/c1-14(29)15-3-2-4-17(11-15)26-20(30)9-10-27-13-24-21-19(22(27)31)12-25-28(21)18-7-5-16(23)6-8-18/h2-8,11-13H,9-10H2,1H3,(H,26,30). The first-order valence-corrected chi connectivity index (χ1v) is 9.52. The summed E-state index contributed by atoms with van der Waals surface area (Å²) in [4.78, 5) is 40.8. The number of fused-ring (bicyclic) bond motifs is 1. The number of Topliss-reactive ketones (excluding diaryl/α,β-unsaturated/α-hetero) is 1. The summed E-state index contributed by atoms with van der Waals surface area (Å²) in [5.74, 6) is -0.764. The normalized spacial score (nSPS) is 10.9. The fourth-order valence-electron chi connectivity index (χ4n) is 3.14. The molecule has 0 saturated carbocycles. The van der Waals surface area contributed by atoms with Gasteiger partial charge in [-0.25, -0.2) is 14.1 Å². The number of rotatable bonds is 6. The van der Waals surface area contributed by atoms with E-state index in [9.17, 15) is 18.8 Å². The summed E-state index contributed by atoms with van der Waals surface area (Å²) in [7, 11) is 0. The fraction of sp³-hybridized carbons (Fsp3) is 0.136. The lowest BCUT2D eigenvalue weighted by molar-refractivity contribution is -0.116. The summed E-state index contributed by atoms with van der Waals surface area (Å²) in [6, 6.07) is 12.3. The van der Waals surface area contributed by atoms with Gasteiger partial charge in [0.05, 0.1) is 18.2 Å². The molecule has 4 rings (SSSR count). The lowest BCUT2D eigenvalue weighted by atomic mass is 10.1. The summed E-state index contributed by atoms with van der Waals surface area (Å²) in [6.07, 6.45) is 2.80. The number of nitrogens with one attached hydrogen (secondary N) is 1. The van der Waals surface area contributed by atoms with E-state index in [1.807, 2.05) is 0 Å². The molecule has 0 saturated heterocycles. The van der Waals surface area contributed by atoms with Crippen molar-refractivity contribution in [1.29, 1.82) is 0 Å². The van der Waals surface area contributed by atoms with E-state index in [-0.39, 0.29) is 36.0 Å². The predicted molar refractivity (Wildman–Crippen MR) is 113 cm³/mol. The molecule has 9 heteroatoms. The number of anilines is 1. The van der Waals surface area contributed by atoms with Crippen LogP contribution in [0.3, 0.4) is 0 Å². The molecule has 156 valence electrons. The summed E-state index contributed by atoms with van der Waals surface area (Å²) in [6.45, 7) is 1.58. The van der Waals surface area contributed by atoms with Crippen molar-refractivity contribution in [2.45, 2.75) is 19.9 Å². The van der Waals surface area contributed by atoms with Gasteiger partial charge in [0, 0.05) is 24.2 Å². The van der Waals surface area contributed by atoms with Crippen LogP contribution >= 0.6 is 0 Å². The molecule has 0 spiro atoms. The van der Waals surface area contributed by atoms with Crippen molar-refractivity contribution in [3.05, 3.63) is 82.8 Å². The van der Waals surface area contributed by atoms with Crippen LogP contribution in [-0.2, 0) is 11.3 Å². The van der Waals surface area contributed by atoms with E-state index < -0.39 is 0 Å². The highest BCUT2D eigenvalue weighted by Gasteiger charge is 2.13. The third-order valence-electron chi connectivity index (χ3n) is 4.76. The number of ketones is 1. The number of benzene rings is 2. The van der Waals surface area contributed by atoms with Gasteiger partial charge in [-0.1, -0.05) is 12.1 Å². The molecule has 2 heterocycles. The van der Waals surface area contributed by atoms with Crippen LogP contribution in [0, 0.1) is 5.82 Å². The number of aryl methyl sites for hydroxylation is 1. The molecule has 1 amide bonds. The van der Waals surface area contributed by atoms with Gasteiger partial charge in [-0.15, -0.1) is 0 Å². The quantitative estimate of drug-likeness (QED) is 0.485. The van der Waals surface area contributed by atoms with E-state index in [0.717, 1.165) is 0 Å². The van der Waals surface area contributed by atoms with Gasteiger partial charge in [0.1, 0.15) is 11.2 Å². The highest BCUT2D eigenvalue weighted by Crippen LogP contribution is 2.15. The van der Waals surface area contributed by atoms with Gasteiger partial charge in [-0.05, 0) is 43.3 Å². The van der Waals surface area contributed by atoms with Gasteiger partial charge in [0.25, 0.3) is 5.56 Å². The van der Waals surface area contributed by atoms with Crippen LogP contribution in [0.1, 0.15) is 23.7 Å². The Morgan fingerprint density at radius 2 is 1.90 bits per heavy atom. The minimum atomic E-state index is -0.373. The molecule has 1 N–H and O–H groups in total. The van der Waals surface area contributed by atoms with Crippen LogP contribution in [0.2, 0.25) is 0 Å². The van der Waals surface area contributed by atoms with Crippen molar-refractivity contribution in [2.24, 2.45) is 0 Å². The maximum Gasteiger partial charge on any atom is 0.264 e. The van der Waals surface area contributed by atoms with E-state index >= 15 is 0 Å². The average Bonchev–Trinajstić information content (AvgIpc) is 3.19. The van der Waals surface area contributed by atoms with E-state index in [4.69, 9.17) is 0 Å². The van der Waals surface area contributed by atoms with Crippen molar-refractivity contribution < 1.29 is 14.0 Å². The molecule has 31 heavy (non-hydrogen) atoms. The van der Waals surface area contributed by atoms with E-state index in [0.29, 0.717) is 28.0 Å². The topological polar surface area (TPSA) is 98.9 Å². The summed E-state index contributed by atoms with van der Waals surface area (Å²) < 4.78 is 15.9. The Hall–Kier alpha value is -4.14. The third-order valence-corrected chi connectivity index (χ3v) is 4.76. The number of halogens is 1. The number of hydrogen-bond acceptors (Lipinski definition) is 5. The number of aromatic nitrogens is 4. The first kappa shape index (κ1) is 20.1. The Balaban J connectivity index is 1.49. The Kier molecular flexibility index (Phi) is 5.40. The van der Waals surface area contributed by atoms with Crippen molar-refractivity contribution in [3.63, 3.8) is 0 Å². The molecule has 8 nitrogen and oxygen atoms in total. The Morgan fingerprint density at radius 1 is 1.13 bits per heavy atom. The summed E-state index contributed by atoms with van der Waals surface area (Å²) in [5.41, 5.74) is 1.61. The maximum absolute atomic E-state index is 13.2. The van der Waals surface area contributed by atoms with Gasteiger partial charge in [-0.3, -0.25) is 19.0 Å². The molecular formula is C22H18FN5O3. The monoisotopic (exact) mass is 419 g/mol. The molecule has 0 aliphatic carbocycles. The Morgan fingerprint density at radius 3 is 2.65 bits per heavy atom. The van der Waals surface area contributed by atoms with E-state index in [2.05, 4.69) is 15.4 Å². The van der Waals surface area contributed by atoms with Gasteiger partial charge in [0.2, 0.25) is 5.91 Å². The molecule has 0 bridgehead atoms. The van der Waals surface area contributed by atoms with Crippen molar-refractivity contribution in [2.75, 3.05) is 5.32 Å². The van der Waals surface area contributed by atoms with Gasteiger partial charge in [0.15, 0.2) is 11.4 Å². The minimum Gasteiger partial charge on any atom is -0.326 e. The number of nitrogens with zero attached hydrogens (tertiary/aromatic N) is 4. The van der Waals surface area contributed by atoms with Crippen LogP contribution in [-0.4, -0.2) is 31.0 Å². The molecule has 2 aromatic carbocycles. The second-order valence-electron chi connectivity index (χ2n) is 6.95. The molecule has 0 unspecified atom stereocenters. The van der Waals surface area contributed by atoms with Crippen LogP contribution < -0.4 is 10.9 Å². The second-order valence-corrected chi connectivity index (χ2v) is 6.95. The number of carbonyl (C=O) groups excluding carboxylic acids is 2. The maximum atomic E-state index is 13.2. The summed E-state index contributed by atoms with van der Waals surface area (Å²) >= 11 is 0. The first-order chi connectivity index (χ1) is 14.9. The van der Waals surface area contributed by atoms with Crippen molar-refractivity contribution >= 4 is 28.4 Å². The van der Waals surface area contributed by atoms with Gasteiger partial charge >= 0.3 is 0 Å². The molecule has 0 fully saturated rings. The van der Waals surface area contributed by atoms with Crippen LogP contribution in [0.5, 0.6) is 0 Å². The Labute approximate surface area is 176 Å². The van der Waals surface area contributed by atoms with Gasteiger partial charge < -0.3 is 5.32 Å². The zero-order chi connectivity index (χ0) is 22.0. The molecule has 2 aromatic heterocycles. The molecule has 0 radical (unpaired) electrons. The van der Waals surface area contributed by atoms with Crippen LogP contribution in [0.25, 0.3) is 16.7 Å². The first-order valence-electron chi connectivity index (χ1n) is 9.52. The van der Waals surface area contributed by atoms with Crippen LogP contribution in [0.15, 0.2) is 65.8 Å². The predicted octanol–water partition coefficient (Wildman–Crippen LogP) is 2.95. The lowest BCUT2D eigenvalue weighted by Gasteiger charge is -2.08. The SMILES string of the molecule is CC(=O)c1cccc(NC(=O)CCn2cnc3c(cnn3-c3ccc(F)cc3)c2=O)c1. The zero-order valence-corrected chi connectivity index (χ0v) is 16.6. The number of carbonyl (C=O) groups is 2. The molecule has 0 aliphatic rings. The Bertz CT molecular complexity index is 1340. The number of amides is 1.